The van der Waals surface area contributed by atoms with Crippen LogP contribution in [-0.4, -0.2) is 15.7 Å². The number of benzene rings is 4. The molecule has 0 bridgehead atoms. The zero-order chi connectivity index (χ0) is 25.0. The van der Waals surface area contributed by atoms with Crippen molar-refractivity contribution in [1.29, 1.82) is 0 Å². The highest BCUT2D eigenvalue weighted by Gasteiger charge is 2.32. The Morgan fingerprint density at radius 2 is 1.11 bits per heavy atom. The Morgan fingerprint density at radius 1 is 0.611 bits per heavy atom. The average molecular weight is 473 g/mol. The minimum absolute atomic E-state index is 0.00912. The lowest BCUT2D eigenvalue weighted by Crippen LogP contribution is -2.10. The van der Waals surface area contributed by atoms with E-state index in [9.17, 15) is 0 Å². The first-order chi connectivity index (χ1) is 17.5. The summed E-state index contributed by atoms with van der Waals surface area (Å²) in [6.45, 7) is 7.21. The molecule has 0 spiro atoms. The molecule has 0 N–H and O–H groups in total. The summed E-state index contributed by atoms with van der Waals surface area (Å²) in [6.07, 6.45) is 0. The van der Waals surface area contributed by atoms with Crippen molar-refractivity contribution < 1.29 is 4.74 Å². The van der Waals surface area contributed by atoms with Gasteiger partial charge in [-0.25, -0.2) is 0 Å². The molecule has 0 amide bonds. The van der Waals surface area contributed by atoms with Gasteiger partial charge >= 0.3 is 0 Å². The summed E-state index contributed by atoms with van der Waals surface area (Å²) in [5, 5.41) is 5.07. The molecule has 0 aliphatic rings. The van der Waals surface area contributed by atoms with Crippen LogP contribution < -0.4 is 4.74 Å². The maximum atomic E-state index is 6.37. The van der Waals surface area contributed by atoms with Crippen molar-refractivity contribution >= 4 is 32.6 Å². The Morgan fingerprint density at radius 3 is 1.67 bits per heavy atom. The molecule has 0 radical (unpaired) electrons. The number of fused-ring (bicyclic) bond motifs is 3. The SMILES string of the molecule is CCOc1ccc2ccccc2c1C(c1c(C)n(C)c2ccccc12)c1c(C)n(C)c2ccccc12. The van der Waals surface area contributed by atoms with Crippen molar-refractivity contribution in [2.24, 2.45) is 14.1 Å². The summed E-state index contributed by atoms with van der Waals surface area (Å²) >= 11 is 0. The zero-order valence-electron chi connectivity index (χ0n) is 21.7. The lowest BCUT2D eigenvalue weighted by molar-refractivity contribution is 0.337. The summed E-state index contributed by atoms with van der Waals surface area (Å²) in [7, 11) is 4.36. The Balaban J connectivity index is 1.83. The summed E-state index contributed by atoms with van der Waals surface area (Å²) in [5.41, 5.74) is 9.02. The maximum absolute atomic E-state index is 6.37. The predicted octanol–water partition coefficient (Wildman–Crippen LogP) is 8.02. The third-order valence-corrected chi connectivity index (χ3v) is 7.99. The molecule has 3 heteroatoms. The molecular weight excluding hydrogens is 440 g/mol. The second kappa shape index (κ2) is 8.60. The van der Waals surface area contributed by atoms with Gasteiger partial charge in [0.2, 0.25) is 0 Å². The van der Waals surface area contributed by atoms with Crippen molar-refractivity contribution in [2.75, 3.05) is 6.61 Å². The van der Waals surface area contributed by atoms with Crippen molar-refractivity contribution in [1.82, 2.24) is 9.13 Å². The first-order valence-corrected chi connectivity index (χ1v) is 12.7. The van der Waals surface area contributed by atoms with Crippen LogP contribution in [0.4, 0.5) is 0 Å². The van der Waals surface area contributed by atoms with E-state index in [4.69, 9.17) is 4.74 Å². The summed E-state index contributed by atoms with van der Waals surface area (Å²) < 4.78 is 11.0. The second-order valence-corrected chi connectivity index (χ2v) is 9.72. The van der Waals surface area contributed by atoms with E-state index in [0.717, 1.165) is 5.75 Å². The molecule has 0 saturated heterocycles. The predicted molar refractivity (Wildman–Crippen MR) is 151 cm³/mol. The second-order valence-electron chi connectivity index (χ2n) is 9.72. The third kappa shape index (κ3) is 3.19. The standard InChI is InChI=1S/C33H32N2O/c1-6-36-29-20-19-23-13-7-8-14-24(23)32(29)33(30-21(2)34(4)27-17-11-9-15-25(27)30)31-22(3)35(5)28-18-12-10-16-26(28)31/h7-20,33H,6H2,1-5H3. The number of ether oxygens (including phenoxy) is 1. The van der Waals surface area contributed by atoms with Crippen LogP contribution in [0.15, 0.2) is 84.9 Å². The normalized spacial score (nSPS) is 11.8. The van der Waals surface area contributed by atoms with Gasteiger partial charge in [-0.15, -0.1) is 0 Å². The van der Waals surface area contributed by atoms with Gasteiger partial charge in [-0.05, 0) is 60.9 Å². The molecule has 2 aromatic heterocycles. The van der Waals surface area contributed by atoms with Crippen LogP contribution in [0.1, 0.15) is 40.9 Å². The molecule has 0 atom stereocenters. The van der Waals surface area contributed by atoms with Gasteiger partial charge in [0.15, 0.2) is 0 Å². The number of nitrogens with zero attached hydrogens (tertiary/aromatic N) is 2. The number of hydrogen-bond acceptors (Lipinski definition) is 1. The Labute approximate surface area is 212 Å². The fraction of sp³-hybridized carbons (Fsp3) is 0.212. The van der Waals surface area contributed by atoms with E-state index in [1.807, 2.05) is 0 Å². The molecule has 0 saturated carbocycles. The highest BCUT2D eigenvalue weighted by molar-refractivity contribution is 5.96. The Kier molecular flexibility index (Phi) is 5.37. The van der Waals surface area contributed by atoms with Crippen molar-refractivity contribution in [3.63, 3.8) is 0 Å². The van der Waals surface area contributed by atoms with E-state index in [0.29, 0.717) is 6.61 Å². The quantitative estimate of drug-likeness (QED) is 0.249. The molecular formula is C33H32N2O. The minimum Gasteiger partial charge on any atom is -0.494 e. The van der Waals surface area contributed by atoms with E-state index < -0.39 is 0 Å². The molecule has 0 aliphatic carbocycles. The Hall–Kier alpha value is -3.98. The smallest absolute Gasteiger partial charge is 0.124 e. The van der Waals surface area contributed by atoms with E-state index >= 15 is 0 Å². The molecule has 3 nitrogen and oxygen atoms in total. The van der Waals surface area contributed by atoms with Crippen LogP contribution in [0.5, 0.6) is 5.75 Å². The summed E-state index contributed by atoms with van der Waals surface area (Å²) in [5.74, 6) is 0.968. The van der Waals surface area contributed by atoms with Gasteiger partial charge in [-0.1, -0.05) is 66.7 Å². The fourth-order valence-electron chi connectivity index (χ4n) is 6.12. The summed E-state index contributed by atoms with van der Waals surface area (Å²) in [4.78, 5) is 0. The van der Waals surface area contributed by atoms with E-state index in [2.05, 4.69) is 129 Å². The lowest BCUT2D eigenvalue weighted by Gasteiger charge is -2.25. The van der Waals surface area contributed by atoms with E-state index in [1.54, 1.807) is 0 Å². The topological polar surface area (TPSA) is 19.1 Å². The molecule has 36 heavy (non-hydrogen) atoms. The molecule has 6 rings (SSSR count). The average Bonchev–Trinajstić information content (AvgIpc) is 3.31. The van der Waals surface area contributed by atoms with Crippen LogP contribution in [0.2, 0.25) is 0 Å². The van der Waals surface area contributed by atoms with E-state index in [1.165, 1.54) is 60.7 Å². The van der Waals surface area contributed by atoms with Crippen molar-refractivity contribution in [3.8, 4) is 5.75 Å². The fourth-order valence-corrected chi connectivity index (χ4v) is 6.12. The van der Waals surface area contributed by atoms with Gasteiger partial charge in [0.25, 0.3) is 0 Å². The van der Waals surface area contributed by atoms with Gasteiger partial charge in [-0.2, -0.15) is 0 Å². The highest BCUT2D eigenvalue weighted by atomic mass is 16.5. The number of aryl methyl sites for hydroxylation is 2. The molecule has 4 aromatic carbocycles. The van der Waals surface area contributed by atoms with Gasteiger partial charge in [0.1, 0.15) is 5.75 Å². The summed E-state index contributed by atoms with van der Waals surface area (Å²) in [6, 6.07) is 30.7. The number of para-hydroxylation sites is 2. The molecule has 2 heterocycles. The molecule has 180 valence electrons. The number of aromatic nitrogens is 2. The first-order valence-electron chi connectivity index (χ1n) is 12.7. The van der Waals surface area contributed by atoms with Gasteiger partial charge in [0, 0.05) is 58.8 Å². The first kappa shape index (κ1) is 22.5. The molecule has 0 unspecified atom stereocenters. The lowest BCUT2D eigenvalue weighted by atomic mass is 9.79. The largest absolute Gasteiger partial charge is 0.494 e. The van der Waals surface area contributed by atoms with Crippen LogP contribution in [0, 0.1) is 13.8 Å². The minimum atomic E-state index is 0.00912. The molecule has 6 aromatic rings. The van der Waals surface area contributed by atoms with Crippen LogP contribution >= 0.6 is 0 Å². The van der Waals surface area contributed by atoms with Gasteiger partial charge in [0.05, 0.1) is 6.61 Å². The van der Waals surface area contributed by atoms with Gasteiger partial charge in [-0.3, -0.25) is 0 Å². The monoisotopic (exact) mass is 472 g/mol. The Bertz CT molecular complexity index is 1670. The van der Waals surface area contributed by atoms with Crippen molar-refractivity contribution in [2.45, 2.75) is 26.7 Å². The van der Waals surface area contributed by atoms with E-state index in [-0.39, 0.29) is 5.92 Å². The number of hydrogen-bond donors (Lipinski definition) is 0. The molecule has 0 fully saturated rings. The van der Waals surface area contributed by atoms with Crippen LogP contribution in [0.25, 0.3) is 32.6 Å². The van der Waals surface area contributed by atoms with Crippen LogP contribution in [0.3, 0.4) is 0 Å². The van der Waals surface area contributed by atoms with Gasteiger partial charge < -0.3 is 13.9 Å². The zero-order valence-corrected chi connectivity index (χ0v) is 21.7. The van der Waals surface area contributed by atoms with Crippen LogP contribution in [-0.2, 0) is 14.1 Å². The molecule has 0 aliphatic heterocycles. The maximum Gasteiger partial charge on any atom is 0.124 e. The third-order valence-electron chi connectivity index (χ3n) is 7.99. The van der Waals surface area contributed by atoms with Crippen molar-refractivity contribution in [3.05, 3.63) is 113 Å². The highest BCUT2D eigenvalue weighted by Crippen LogP contribution is 2.48. The number of rotatable bonds is 5.